The van der Waals surface area contributed by atoms with Crippen molar-refractivity contribution >= 4 is 11.9 Å². The van der Waals surface area contributed by atoms with Gasteiger partial charge in [0.05, 0.1) is 11.8 Å². The van der Waals surface area contributed by atoms with Crippen molar-refractivity contribution in [3.8, 4) is 0 Å². The summed E-state index contributed by atoms with van der Waals surface area (Å²) in [6.45, 7) is 14.5. The molecule has 0 bridgehead atoms. The highest BCUT2D eigenvalue weighted by Crippen LogP contribution is 2.33. The number of carbonyl (C=O) groups is 2. The molecule has 1 fully saturated rings. The summed E-state index contributed by atoms with van der Waals surface area (Å²) < 4.78 is 5.20. The maximum atomic E-state index is 11.7. The van der Waals surface area contributed by atoms with E-state index in [0.717, 1.165) is 6.42 Å². The number of carboxylic acid groups (broad SMARTS) is 1. The van der Waals surface area contributed by atoms with Crippen molar-refractivity contribution in [2.45, 2.75) is 92.6 Å². The minimum Gasteiger partial charge on any atom is -0.481 e. The van der Waals surface area contributed by atoms with Crippen LogP contribution in [0.3, 0.4) is 0 Å². The Morgan fingerprint density at radius 2 is 1.57 bits per heavy atom. The van der Waals surface area contributed by atoms with E-state index in [2.05, 4.69) is 27.7 Å². The lowest BCUT2D eigenvalue weighted by Gasteiger charge is -2.23. The Morgan fingerprint density at radius 1 is 1.04 bits per heavy atom. The van der Waals surface area contributed by atoms with Crippen molar-refractivity contribution in [2.75, 3.05) is 0 Å². The molecule has 0 radical (unpaired) electrons. The first-order valence-electron chi connectivity index (χ1n) is 8.89. The summed E-state index contributed by atoms with van der Waals surface area (Å²) in [7, 11) is 0. The lowest BCUT2D eigenvalue weighted by atomic mass is 9.86. The molecule has 1 rings (SSSR count). The first-order valence-corrected chi connectivity index (χ1v) is 8.89. The third-order valence-corrected chi connectivity index (χ3v) is 4.43. The molecule has 136 valence electrons. The van der Waals surface area contributed by atoms with Crippen molar-refractivity contribution in [3.63, 3.8) is 0 Å². The average molecular weight is 328 g/mol. The van der Waals surface area contributed by atoms with Gasteiger partial charge in [-0.05, 0) is 45.4 Å². The number of ether oxygens (including phenoxy) is 1. The van der Waals surface area contributed by atoms with Gasteiger partial charge in [-0.1, -0.05) is 47.0 Å². The molecule has 2 atom stereocenters. The second-order valence-corrected chi connectivity index (χ2v) is 8.28. The standard InChI is InChI=1S/C11H18O4.C8H18/c1-11(2,3)15-10(14)8-6-4-5-7(8)9(12)13;1-5-7-8(3,4)6-2/h7-8H,4-6H2,1-3H3,(H,12,13);5-7H2,1-4H3/t7-,8?;/m1./s1. The van der Waals surface area contributed by atoms with Gasteiger partial charge in [0.15, 0.2) is 0 Å². The molecule has 0 saturated heterocycles. The van der Waals surface area contributed by atoms with Gasteiger partial charge >= 0.3 is 11.9 Å². The Kier molecular flexibility index (Phi) is 8.86. The Hall–Kier alpha value is -1.06. The molecule has 0 aromatic heterocycles. The Labute approximate surface area is 142 Å². The second-order valence-electron chi connectivity index (χ2n) is 8.28. The SMILES string of the molecule is CC(C)(C)OC(=O)C1CCC[C@H]1C(=O)O.CCCC(C)(C)CC. The number of hydrogen-bond acceptors (Lipinski definition) is 3. The summed E-state index contributed by atoms with van der Waals surface area (Å²) in [6.07, 6.45) is 6.00. The molecular weight excluding hydrogens is 292 g/mol. The van der Waals surface area contributed by atoms with Crippen molar-refractivity contribution < 1.29 is 19.4 Å². The van der Waals surface area contributed by atoms with E-state index in [1.54, 1.807) is 20.8 Å². The molecule has 1 saturated carbocycles. The maximum absolute atomic E-state index is 11.7. The van der Waals surface area contributed by atoms with Crippen molar-refractivity contribution in [2.24, 2.45) is 17.3 Å². The topological polar surface area (TPSA) is 63.6 Å². The molecule has 4 heteroatoms. The molecule has 0 aromatic carbocycles. The first kappa shape index (κ1) is 21.9. The Morgan fingerprint density at radius 3 is 1.91 bits per heavy atom. The van der Waals surface area contributed by atoms with Crippen LogP contribution in [0.15, 0.2) is 0 Å². The number of carbonyl (C=O) groups excluding carboxylic acids is 1. The van der Waals surface area contributed by atoms with Gasteiger partial charge in [0.1, 0.15) is 5.60 Å². The molecule has 0 aromatic rings. The van der Waals surface area contributed by atoms with Crippen LogP contribution in [0, 0.1) is 17.3 Å². The summed E-state index contributed by atoms with van der Waals surface area (Å²) in [5, 5.41) is 8.92. The molecular formula is C19H36O4. The molecule has 1 unspecified atom stereocenters. The largest absolute Gasteiger partial charge is 0.481 e. The number of hydrogen-bond donors (Lipinski definition) is 1. The van der Waals surface area contributed by atoms with Crippen LogP contribution in [0.5, 0.6) is 0 Å². The second kappa shape index (κ2) is 9.29. The molecule has 1 aliphatic carbocycles. The predicted molar refractivity (Wildman–Crippen MR) is 93.3 cm³/mol. The van der Waals surface area contributed by atoms with E-state index in [1.165, 1.54) is 19.3 Å². The van der Waals surface area contributed by atoms with E-state index in [1.807, 2.05) is 0 Å². The van der Waals surface area contributed by atoms with Gasteiger partial charge < -0.3 is 9.84 Å². The summed E-state index contributed by atoms with van der Waals surface area (Å²) in [4.78, 5) is 22.6. The monoisotopic (exact) mass is 328 g/mol. The smallest absolute Gasteiger partial charge is 0.310 e. The fourth-order valence-electron chi connectivity index (χ4n) is 2.77. The number of rotatable bonds is 5. The minimum absolute atomic E-state index is 0.368. The van der Waals surface area contributed by atoms with Crippen LogP contribution >= 0.6 is 0 Å². The molecule has 0 aliphatic heterocycles. The summed E-state index contributed by atoms with van der Waals surface area (Å²) in [5.74, 6) is -2.27. The predicted octanol–water partition coefficient (Wildman–Crippen LogP) is 5.05. The lowest BCUT2D eigenvalue weighted by molar-refractivity contribution is -0.165. The van der Waals surface area contributed by atoms with Crippen molar-refractivity contribution in [3.05, 3.63) is 0 Å². The third kappa shape index (κ3) is 8.97. The van der Waals surface area contributed by atoms with Crippen molar-refractivity contribution in [1.82, 2.24) is 0 Å². The molecule has 4 nitrogen and oxygen atoms in total. The summed E-state index contributed by atoms with van der Waals surface area (Å²) in [5.41, 5.74) is 0.0531. The first-order chi connectivity index (χ1) is 10.4. The van der Waals surface area contributed by atoms with Gasteiger partial charge in [-0.2, -0.15) is 0 Å². The van der Waals surface area contributed by atoms with Crippen LogP contribution in [0.4, 0.5) is 0 Å². The zero-order chi connectivity index (χ0) is 18.3. The molecule has 1 aliphatic rings. The van der Waals surface area contributed by atoms with Crippen LogP contribution in [0.25, 0.3) is 0 Å². The number of esters is 1. The third-order valence-electron chi connectivity index (χ3n) is 4.43. The fraction of sp³-hybridized carbons (Fsp3) is 0.895. The van der Waals surface area contributed by atoms with Gasteiger partial charge in [0.2, 0.25) is 0 Å². The zero-order valence-corrected chi connectivity index (χ0v) is 16.1. The van der Waals surface area contributed by atoms with E-state index >= 15 is 0 Å². The minimum atomic E-state index is -0.886. The molecule has 23 heavy (non-hydrogen) atoms. The summed E-state index contributed by atoms with van der Waals surface area (Å²) in [6, 6.07) is 0. The highest BCUT2D eigenvalue weighted by molar-refractivity contribution is 5.81. The average Bonchev–Trinajstić information content (AvgIpc) is 2.87. The number of carboxylic acids is 1. The quantitative estimate of drug-likeness (QED) is 0.717. The van der Waals surface area contributed by atoms with Crippen LogP contribution in [-0.2, 0) is 14.3 Å². The van der Waals surface area contributed by atoms with E-state index in [-0.39, 0.29) is 5.97 Å². The van der Waals surface area contributed by atoms with Gasteiger partial charge in [-0.3, -0.25) is 9.59 Å². The van der Waals surface area contributed by atoms with E-state index in [0.29, 0.717) is 18.3 Å². The van der Waals surface area contributed by atoms with Crippen LogP contribution < -0.4 is 0 Å². The van der Waals surface area contributed by atoms with Crippen LogP contribution in [0.2, 0.25) is 0 Å². The molecule has 0 heterocycles. The number of aliphatic carboxylic acids is 1. The van der Waals surface area contributed by atoms with E-state index in [4.69, 9.17) is 9.84 Å². The zero-order valence-electron chi connectivity index (χ0n) is 16.1. The molecule has 0 amide bonds. The fourth-order valence-corrected chi connectivity index (χ4v) is 2.77. The maximum Gasteiger partial charge on any atom is 0.310 e. The van der Waals surface area contributed by atoms with Crippen molar-refractivity contribution in [1.29, 1.82) is 0 Å². The highest BCUT2D eigenvalue weighted by Gasteiger charge is 2.39. The van der Waals surface area contributed by atoms with Gasteiger partial charge in [0, 0.05) is 0 Å². The van der Waals surface area contributed by atoms with Gasteiger partial charge in [0.25, 0.3) is 0 Å². The van der Waals surface area contributed by atoms with Gasteiger partial charge in [-0.15, -0.1) is 0 Å². The Bertz CT molecular complexity index is 379. The van der Waals surface area contributed by atoms with Crippen LogP contribution in [-0.4, -0.2) is 22.6 Å². The Balaban J connectivity index is 0.000000515. The summed E-state index contributed by atoms with van der Waals surface area (Å²) >= 11 is 0. The van der Waals surface area contributed by atoms with E-state index < -0.39 is 23.4 Å². The molecule has 1 N–H and O–H groups in total. The lowest BCUT2D eigenvalue weighted by Crippen LogP contribution is -2.32. The van der Waals surface area contributed by atoms with Crippen LogP contribution in [0.1, 0.15) is 87.0 Å². The highest BCUT2D eigenvalue weighted by atomic mass is 16.6. The molecule has 0 spiro atoms. The van der Waals surface area contributed by atoms with Gasteiger partial charge in [-0.25, -0.2) is 0 Å². The van der Waals surface area contributed by atoms with E-state index in [9.17, 15) is 9.59 Å². The normalized spacial score (nSPS) is 21.3.